The van der Waals surface area contributed by atoms with Gasteiger partial charge in [0.25, 0.3) is 0 Å². The molecule has 2 aliphatic rings. The summed E-state index contributed by atoms with van der Waals surface area (Å²) in [7, 11) is 0. The van der Waals surface area contributed by atoms with Crippen molar-refractivity contribution < 1.29 is 13.2 Å². The van der Waals surface area contributed by atoms with Crippen LogP contribution in [-0.4, -0.2) is 13.1 Å². The van der Waals surface area contributed by atoms with Crippen LogP contribution in [0.4, 0.5) is 18.9 Å². The van der Waals surface area contributed by atoms with E-state index in [-0.39, 0.29) is 5.92 Å². The van der Waals surface area contributed by atoms with E-state index in [2.05, 4.69) is 11.5 Å². The maximum Gasteiger partial charge on any atom is 0.416 e. The lowest BCUT2D eigenvalue weighted by atomic mass is 9.91. The van der Waals surface area contributed by atoms with E-state index in [1.165, 1.54) is 12.1 Å². The molecule has 1 aliphatic carbocycles. The van der Waals surface area contributed by atoms with Crippen LogP contribution < -0.4 is 4.90 Å². The number of hydrogen-bond acceptors (Lipinski definition) is 1. The van der Waals surface area contributed by atoms with E-state index in [4.69, 9.17) is 11.6 Å². The van der Waals surface area contributed by atoms with Crippen molar-refractivity contribution in [3.8, 4) is 0 Å². The quantitative estimate of drug-likeness (QED) is 0.567. The van der Waals surface area contributed by atoms with Crippen LogP contribution in [-0.2, 0) is 6.18 Å². The molecule has 5 heteroatoms. The molecule has 0 aromatic heterocycles. The third-order valence-electron chi connectivity index (χ3n) is 6.01. The minimum atomic E-state index is -4.29. The Morgan fingerprint density at radius 2 is 1.70 bits per heavy atom. The third-order valence-corrected chi connectivity index (χ3v) is 6.24. The fourth-order valence-electron chi connectivity index (χ4n) is 4.84. The van der Waals surface area contributed by atoms with Crippen molar-refractivity contribution >= 4 is 23.4 Å². The number of alkyl halides is 3. The van der Waals surface area contributed by atoms with E-state index in [0.29, 0.717) is 22.4 Å². The molecule has 1 saturated heterocycles. The van der Waals surface area contributed by atoms with Crippen molar-refractivity contribution in [2.24, 2.45) is 11.8 Å². The first kappa shape index (κ1) is 18.4. The lowest BCUT2D eigenvalue weighted by Crippen LogP contribution is -2.22. The van der Waals surface area contributed by atoms with Gasteiger partial charge in [0.1, 0.15) is 0 Å². The Hall–Kier alpha value is -1.94. The molecule has 1 saturated carbocycles. The standard InChI is InChI=1S/C22H21ClF3N/c1-2-14-11-18(23)7-8-21(14)27-12-16-9-15(10-17(16)13-27)19-5-3-4-6-20(19)22(24,25)26/h2-8,11,15-17H,1,9-10,12-13H2. The maximum atomic E-state index is 13.4. The summed E-state index contributed by atoms with van der Waals surface area (Å²) in [5.41, 5.74) is 2.10. The SMILES string of the molecule is C=Cc1cc(Cl)ccc1N1CC2CC(c3ccccc3C(F)(F)F)CC2C1. The molecule has 0 amide bonds. The van der Waals surface area contributed by atoms with Crippen LogP contribution in [0.25, 0.3) is 6.08 Å². The van der Waals surface area contributed by atoms with Crippen LogP contribution in [0, 0.1) is 11.8 Å². The van der Waals surface area contributed by atoms with Gasteiger partial charge in [0, 0.05) is 23.8 Å². The Balaban J connectivity index is 1.52. The second-order valence-corrected chi connectivity index (χ2v) is 8.02. The Labute approximate surface area is 162 Å². The Morgan fingerprint density at radius 3 is 2.33 bits per heavy atom. The maximum absolute atomic E-state index is 13.4. The van der Waals surface area contributed by atoms with Gasteiger partial charge in [0.2, 0.25) is 0 Å². The summed E-state index contributed by atoms with van der Waals surface area (Å²) in [5.74, 6) is 0.832. The largest absolute Gasteiger partial charge is 0.416 e. The molecule has 0 spiro atoms. The molecular formula is C22H21ClF3N. The first-order valence-corrected chi connectivity index (χ1v) is 9.57. The predicted octanol–water partition coefficient (Wildman–Crippen LogP) is 6.63. The fourth-order valence-corrected chi connectivity index (χ4v) is 5.02. The minimum absolute atomic E-state index is 0.0101. The minimum Gasteiger partial charge on any atom is -0.370 e. The number of fused-ring (bicyclic) bond motifs is 1. The molecule has 2 fully saturated rings. The van der Waals surface area contributed by atoms with Crippen molar-refractivity contribution in [3.63, 3.8) is 0 Å². The van der Waals surface area contributed by atoms with Crippen molar-refractivity contribution in [3.05, 3.63) is 70.8 Å². The highest BCUT2D eigenvalue weighted by Crippen LogP contribution is 2.49. The number of hydrogen-bond donors (Lipinski definition) is 0. The molecule has 27 heavy (non-hydrogen) atoms. The molecule has 2 aromatic carbocycles. The summed E-state index contributed by atoms with van der Waals surface area (Å²) in [6.45, 7) is 5.61. The van der Waals surface area contributed by atoms with Crippen molar-refractivity contribution in [1.82, 2.24) is 0 Å². The van der Waals surface area contributed by atoms with Gasteiger partial charge in [-0.3, -0.25) is 0 Å². The van der Waals surface area contributed by atoms with Gasteiger partial charge in [-0.2, -0.15) is 13.2 Å². The normalized spacial score (nSPS) is 24.9. The van der Waals surface area contributed by atoms with Crippen LogP contribution in [0.2, 0.25) is 5.02 Å². The zero-order valence-corrected chi connectivity index (χ0v) is 15.6. The van der Waals surface area contributed by atoms with Crippen LogP contribution in [0.1, 0.15) is 35.4 Å². The van der Waals surface area contributed by atoms with E-state index in [9.17, 15) is 13.2 Å². The molecule has 0 bridgehead atoms. The highest BCUT2D eigenvalue weighted by molar-refractivity contribution is 6.30. The molecule has 0 radical (unpaired) electrons. The molecule has 2 atom stereocenters. The Morgan fingerprint density at radius 1 is 1.04 bits per heavy atom. The van der Waals surface area contributed by atoms with Gasteiger partial charge < -0.3 is 4.90 Å². The Bertz CT molecular complexity index is 847. The van der Waals surface area contributed by atoms with Gasteiger partial charge >= 0.3 is 6.18 Å². The van der Waals surface area contributed by atoms with E-state index < -0.39 is 11.7 Å². The van der Waals surface area contributed by atoms with Gasteiger partial charge in [-0.05, 0) is 66.0 Å². The molecule has 1 nitrogen and oxygen atoms in total. The zero-order chi connectivity index (χ0) is 19.2. The predicted molar refractivity (Wildman–Crippen MR) is 104 cm³/mol. The lowest BCUT2D eigenvalue weighted by Gasteiger charge is -2.24. The lowest BCUT2D eigenvalue weighted by molar-refractivity contribution is -0.138. The van der Waals surface area contributed by atoms with Gasteiger partial charge in [0.05, 0.1) is 5.56 Å². The Kier molecular flexibility index (Phi) is 4.71. The van der Waals surface area contributed by atoms with Crippen LogP contribution >= 0.6 is 11.6 Å². The molecule has 1 aliphatic heterocycles. The van der Waals surface area contributed by atoms with E-state index in [1.54, 1.807) is 18.2 Å². The average Bonchev–Trinajstić information content (AvgIpc) is 3.19. The van der Waals surface area contributed by atoms with E-state index in [0.717, 1.165) is 37.2 Å². The molecule has 2 unspecified atom stereocenters. The van der Waals surface area contributed by atoms with Crippen LogP contribution in [0.15, 0.2) is 49.0 Å². The summed E-state index contributed by atoms with van der Waals surface area (Å²) in [6.07, 6.45) is -0.864. The van der Waals surface area contributed by atoms with Crippen LogP contribution in [0.3, 0.4) is 0 Å². The van der Waals surface area contributed by atoms with Crippen LogP contribution in [0.5, 0.6) is 0 Å². The van der Waals surface area contributed by atoms with Gasteiger partial charge in [-0.1, -0.05) is 42.5 Å². The van der Waals surface area contributed by atoms with E-state index >= 15 is 0 Å². The smallest absolute Gasteiger partial charge is 0.370 e. The monoisotopic (exact) mass is 391 g/mol. The third kappa shape index (κ3) is 3.47. The summed E-state index contributed by atoms with van der Waals surface area (Å²) in [6, 6.07) is 11.8. The number of benzene rings is 2. The first-order chi connectivity index (χ1) is 12.9. The number of nitrogens with zero attached hydrogens (tertiary/aromatic N) is 1. The highest BCUT2D eigenvalue weighted by atomic mass is 35.5. The second kappa shape index (κ2) is 6.90. The fraction of sp³-hybridized carbons (Fsp3) is 0.364. The number of halogens is 4. The summed E-state index contributed by atoms with van der Waals surface area (Å²) in [4.78, 5) is 2.33. The van der Waals surface area contributed by atoms with Gasteiger partial charge in [0.15, 0.2) is 0 Å². The van der Waals surface area contributed by atoms with Crippen molar-refractivity contribution in [2.75, 3.05) is 18.0 Å². The molecule has 1 heterocycles. The van der Waals surface area contributed by atoms with E-state index in [1.807, 2.05) is 18.2 Å². The van der Waals surface area contributed by atoms with Crippen molar-refractivity contribution in [2.45, 2.75) is 24.9 Å². The van der Waals surface area contributed by atoms with Gasteiger partial charge in [-0.15, -0.1) is 0 Å². The van der Waals surface area contributed by atoms with Crippen molar-refractivity contribution in [1.29, 1.82) is 0 Å². The number of anilines is 1. The first-order valence-electron chi connectivity index (χ1n) is 9.20. The highest BCUT2D eigenvalue weighted by Gasteiger charge is 2.44. The average molecular weight is 392 g/mol. The molecule has 142 valence electrons. The topological polar surface area (TPSA) is 3.24 Å². The summed E-state index contributed by atoms with van der Waals surface area (Å²) in [5, 5.41) is 0.678. The second-order valence-electron chi connectivity index (χ2n) is 7.59. The molecule has 4 rings (SSSR count). The summed E-state index contributed by atoms with van der Waals surface area (Å²) < 4.78 is 40.1. The molecule has 2 aromatic rings. The van der Waals surface area contributed by atoms with Gasteiger partial charge in [-0.25, -0.2) is 0 Å². The summed E-state index contributed by atoms with van der Waals surface area (Å²) >= 11 is 6.08. The molecule has 0 N–H and O–H groups in total. The zero-order valence-electron chi connectivity index (χ0n) is 14.8. The number of rotatable bonds is 3. The molecular weight excluding hydrogens is 371 g/mol.